The van der Waals surface area contributed by atoms with Gasteiger partial charge in [-0.15, -0.1) is 0 Å². The molecule has 1 aliphatic heterocycles. The smallest absolute Gasteiger partial charge is 0.243 e. The number of benzene rings is 1. The van der Waals surface area contributed by atoms with Crippen LogP contribution < -0.4 is 10.1 Å². The minimum absolute atomic E-state index is 0.276. The summed E-state index contributed by atoms with van der Waals surface area (Å²) in [4.78, 5) is 2.25. The molecule has 0 aliphatic carbocycles. The Morgan fingerprint density at radius 2 is 1.79 bits per heavy atom. The molecule has 7 nitrogen and oxygen atoms in total. The minimum Gasteiger partial charge on any atom is -0.497 e. The highest BCUT2D eigenvalue weighted by Gasteiger charge is 2.29. The molecule has 134 valence electrons. The second-order valence-corrected chi connectivity index (χ2v) is 7.62. The number of piperazine rings is 1. The molecule has 0 unspecified atom stereocenters. The summed E-state index contributed by atoms with van der Waals surface area (Å²) in [5.41, 5.74) is 0. The zero-order chi connectivity index (χ0) is 17.6. The van der Waals surface area contributed by atoms with Crippen molar-refractivity contribution in [3.63, 3.8) is 0 Å². The lowest BCUT2D eigenvalue weighted by atomic mass is 10.3. The normalized spacial score (nSPS) is 16.0. The third-order valence-corrected chi connectivity index (χ3v) is 6.12. The van der Waals surface area contributed by atoms with Crippen LogP contribution in [-0.4, -0.2) is 76.3 Å². The molecule has 9 heteroatoms. The molecule has 0 bridgehead atoms. The first-order chi connectivity index (χ1) is 11.5. The number of thiocarbonyl (C=S) groups is 1. The van der Waals surface area contributed by atoms with Gasteiger partial charge in [-0.25, -0.2) is 8.42 Å². The average molecular weight is 374 g/mol. The van der Waals surface area contributed by atoms with E-state index in [1.54, 1.807) is 38.5 Å². The van der Waals surface area contributed by atoms with Gasteiger partial charge in [0.25, 0.3) is 0 Å². The van der Waals surface area contributed by atoms with Crippen LogP contribution in [0.15, 0.2) is 29.2 Å². The van der Waals surface area contributed by atoms with Crippen molar-refractivity contribution in [3.05, 3.63) is 24.3 Å². The van der Waals surface area contributed by atoms with E-state index < -0.39 is 10.0 Å². The number of methoxy groups -OCH3 is 2. The van der Waals surface area contributed by atoms with Crippen molar-refractivity contribution in [1.29, 1.82) is 0 Å². The van der Waals surface area contributed by atoms with Gasteiger partial charge in [-0.2, -0.15) is 4.31 Å². The van der Waals surface area contributed by atoms with E-state index in [0.717, 1.165) is 0 Å². The van der Waals surface area contributed by atoms with Gasteiger partial charge in [0.1, 0.15) is 5.75 Å². The van der Waals surface area contributed by atoms with Crippen molar-refractivity contribution >= 4 is 27.4 Å². The van der Waals surface area contributed by atoms with Gasteiger partial charge < -0.3 is 19.7 Å². The van der Waals surface area contributed by atoms with Crippen LogP contribution in [0.25, 0.3) is 0 Å². The summed E-state index contributed by atoms with van der Waals surface area (Å²) in [7, 11) is -0.309. The van der Waals surface area contributed by atoms with E-state index in [2.05, 4.69) is 5.32 Å². The number of ether oxygens (including phenoxy) is 2. The van der Waals surface area contributed by atoms with E-state index in [-0.39, 0.29) is 4.90 Å². The first-order valence-electron chi connectivity index (χ1n) is 7.65. The molecule has 1 N–H and O–H groups in total. The fraction of sp³-hybridized carbons (Fsp3) is 0.533. The van der Waals surface area contributed by atoms with Crippen molar-refractivity contribution in [1.82, 2.24) is 14.5 Å². The maximum atomic E-state index is 12.7. The summed E-state index contributed by atoms with van der Waals surface area (Å²) >= 11 is 5.32. The van der Waals surface area contributed by atoms with Gasteiger partial charge in [0.15, 0.2) is 5.11 Å². The highest BCUT2D eigenvalue weighted by Crippen LogP contribution is 2.20. The Kier molecular flexibility index (Phi) is 6.79. The quantitative estimate of drug-likeness (QED) is 0.576. The standard InChI is InChI=1S/C15H23N3O4S2/c1-21-12-7-16-15(23)17-8-10-18(11-9-17)24(19,20)14-5-3-13(22-2)4-6-14/h3-6H,7-12H2,1-2H3,(H,16,23). The molecule has 1 saturated heterocycles. The van der Waals surface area contributed by atoms with Crippen LogP contribution in [-0.2, 0) is 14.8 Å². The molecule has 1 aliphatic rings. The van der Waals surface area contributed by atoms with Gasteiger partial charge in [-0.05, 0) is 36.5 Å². The molecule has 1 fully saturated rings. The number of nitrogens with one attached hydrogen (secondary N) is 1. The molecule has 0 radical (unpaired) electrons. The molecule has 0 aromatic heterocycles. The van der Waals surface area contributed by atoms with E-state index in [0.29, 0.717) is 50.2 Å². The lowest BCUT2D eigenvalue weighted by Crippen LogP contribution is -2.53. The molecule has 2 rings (SSSR count). The van der Waals surface area contributed by atoms with Crippen LogP contribution in [0.1, 0.15) is 0 Å². The Hall–Kier alpha value is -1.42. The van der Waals surface area contributed by atoms with Gasteiger partial charge in [0, 0.05) is 39.8 Å². The largest absolute Gasteiger partial charge is 0.497 e. The van der Waals surface area contributed by atoms with Crippen LogP contribution in [0, 0.1) is 0 Å². The Morgan fingerprint density at radius 3 is 2.33 bits per heavy atom. The minimum atomic E-state index is -3.49. The fourth-order valence-corrected chi connectivity index (χ4v) is 4.11. The number of rotatable bonds is 6. The van der Waals surface area contributed by atoms with Crippen LogP contribution in [0.3, 0.4) is 0 Å². The van der Waals surface area contributed by atoms with Crippen LogP contribution in [0.4, 0.5) is 0 Å². The Labute approximate surface area is 148 Å². The van der Waals surface area contributed by atoms with Crippen LogP contribution in [0.5, 0.6) is 5.75 Å². The van der Waals surface area contributed by atoms with E-state index in [1.807, 2.05) is 4.90 Å². The molecule has 0 saturated carbocycles. The maximum absolute atomic E-state index is 12.7. The molecule has 1 heterocycles. The van der Waals surface area contributed by atoms with E-state index >= 15 is 0 Å². The summed E-state index contributed by atoms with van der Waals surface area (Å²) in [6, 6.07) is 6.44. The molecule has 0 amide bonds. The van der Waals surface area contributed by atoms with Crippen molar-refractivity contribution in [2.24, 2.45) is 0 Å². The summed E-state index contributed by atoms with van der Waals surface area (Å²) in [5, 5.41) is 3.73. The summed E-state index contributed by atoms with van der Waals surface area (Å²) in [6.45, 7) is 3.15. The Bertz CT molecular complexity index is 641. The highest BCUT2D eigenvalue weighted by molar-refractivity contribution is 7.89. The molecule has 1 aromatic rings. The van der Waals surface area contributed by atoms with Crippen LogP contribution >= 0.6 is 12.2 Å². The molecular formula is C15H23N3O4S2. The van der Waals surface area contributed by atoms with Crippen LogP contribution in [0.2, 0.25) is 0 Å². The SMILES string of the molecule is COCCNC(=S)N1CCN(S(=O)(=O)c2ccc(OC)cc2)CC1. The third-order valence-electron chi connectivity index (χ3n) is 3.81. The van der Waals surface area contributed by atoms with Gasteiger partial charge in [0.05, 0.1) is 18.6 Å². The third kappa shape index (κ3) is 4.56. The first kappa shape index (κ1) is 18.9. The van der Waals surface area contributed by atoms with Crippen molar-refractivity contribution in [3.8, 4) is 5.75 Å². The molecule has 0 spiro atoms. The van der Waals surface area contributed by atoms with E-state index in [4.69, 9.17) is 21.7 Å². The van der Waals surface area contributed by atoms with Crippen molar-refractivity contribution in [2.75, 3.05) is 53.6 Å². The Balaban J connectivity index is 1.94. The summed E-state index contributed by atoms with van der Waals surface area (Å²) in [6.07, 6.45) is 0. The van der Waals surface area contributed by atoms with Gasteiger partial charge >= 0.3 is 0 Å². The molecule has 24 heavy (non-hydrogen) atoms. The highest BCUT2D eigenvalue weighted by atomic mass is 32.2. The average Bonchev–Trinajstić information content (AvgIpc) is 2.62. The zero-order valence-electron chi connectivity index (χ0n) is 13.9. The van der Waals surface area contributed by atoms with Crippen molar-refractivity contribution < 1.29 is 17.9 Å². The number of hydrogen-bond donors (Lipinski definition) is 1. The lowest BCUT2D eigenvalue weighted by Gasteiger charge is -2.35. The summed E-state index contributed by atoms with van der Waals surface area (Å²) < 4.78 is 36.9. The van der Waals surface area contributed by atoms with Gasteiger partial charge in [-0.3, -0.25) is 0 Å². The number of sulfonamides is 1. The molecular weight excluding hydrogens is 350 g/mol. The second kappa shape index (κ2) is 8.61. The van der Waals surface area contributed by atoms with E-state index in [9.17, 15) is 8.42 Å². The monoisotopic (exact) mass is 373 g/mol. The number of nitrogens with zero attached hydrogens (tertiary/aromatic N) is 2. The van der Waals surface area contributed by atoms with Gasteiger partial charge in [0.2, 0.25) is 10.0 Å². The zero-order valence-corrected chi connectivity index (χ0v) is 15.5. The summed E-state index contributed by atoms with van der Waals surface area (Å²) in [5.74, 6) is 0.631. The first-order valence-corrected chi connectivity index (χ1v) is 9.50. The second-order valence-electron chi connectivity index (χ2n) is 5.29. The maximum Gasteiger partial charge on any atom is 0.243 e. The molecule has 1 aromatic carbocycles. The van der Waals surface area contributed by atoms with Crippen molar-refractivity contribution in [2.45, 2.75) is 4.90 Å². The molecule has 0 atom stereocenters. The Morgan fingerprint density at radius 1 is 1.17 bits per heavy atom. The topological polar surface area (TPSA) is 71.1 Å². The number of hydrogen-bond acceptors (Lipinski definition) is 5. The van der Waals surface area contributed by atoms with E-state index in [1.165, 1.54) is 4.31 Å². The lowest BCUT2D eigenvalue weighted by molar-refractivity contribution is 0.201. The fourth-order valence-electron chi connectivity index (χ4n) is 2.40. The predicted octanol–water partition coefficient (Wildman–Crippen LogP) is 0.522. The predicted molar refractivity (Wildman–Crippen MR) is 95.8 cm³/mol. The van der Waals surface area contributed by atoms with Gasteiger partial charge in [-0.1, -0.05) is 0 Å².